The van der Waals surface area contributed by atoms with E-state index in [9.17, 15) is 13.0 Å². The summed E-state index contributed by atoms with van der Waals surface area (Å²) in [5.41, 5.74) is 0.919. The summed E-state index contributed by atoms with van der Waals surface area (Å²) in [6, 6.07) is 5.77. The summed E-state index contributed by atoms with van der Waals surface area (Å²) in [5.74, 6) is 0.476. The zero-order valence-electron chi connectivity index (χ0n) is 7.73. The molecule has 0 aromatic heterocycles. The van der Waals surface area contributed by atoms with E-state index in [4.69, 9.17) is 11.6 Å². The van der Waals surface area contributed by atoms with Crippen molar-refractivity contribution in [2.24, 2.45) is 0 Å². The summed E-state index contributed by atoms with van der Waals surface area (Å²) in [5, 5.41) is 0. The molecule has 0 atom stereocenters. The fourth-order valence-corrected chi connectivity index (χ4v) is 1.62. The highest BCUT2D eigenvalue weighted by atomic mass is 35.5. The van der Waals surface area contributed by atoms with Gasteiger partial charge in [-0.1, -0.05) is 12.1 Å². The SMILES string of the molecule is O=S(=O)([O-])c1ccc(CCCl)cc1.[NH4+]. The van der Waals surface area contributed by atoms with Crippen molar-refractivity contribution in [2.45, 2.75) is 11.3 Å². The molecule has 0 spiro atoms. The molecule has 0 aliphatic heterocycles. The van der Waals surface area contributed by atoms with Gasteiger partial charge in [-0.15, -0.1) is 11.6 Å². The van der Waals surface area contributed by atoms with E-state index >= 15 is 0 Å². The molecule has 0 saturated carbocycles. The maximum atomic E-state index is 10.5. The summed E-state index contributed by atoms with van der Waals surface area (Å²) < 4.78 is 31.6. The quantitative estimate of drug-likeness (QED) is 0.641. The lowest BCUT2D eigenvalue weighted by atomic mass is 10.2. The Kier molecular flexibility index (Phi) is 5.07. The van der Waals surface area contributed by atoms with Gasteiger partial charge < -0.3 is 10.7 Å². The Balaban J connectivity index is 0.00000169. The highest BCUT2D eigenvalue weighted by Gasteiger charge is 1.99. The number of hydrogen-bond donors (Lipinski definition) is 1. The first-order valence-corrected chi connectivity index (χ1v) is 5.59. The van der Waals surface area contributed by atoms with Gasteiger partial charge in [-0.25, -0.2) is 8.42 Å². The summed E-state index contributed by atoms with van der Waals surface area (Å²) >= 11 is 5.49. The Morgan fingerprint density at radius 1 is 1.21 bits per heavy atom. The minimum Gasteiger partial charge on any atom is -0.744 e. The lowest BCUT2D eigenvalue weighted by molar-refractivity contribution is 0.463. The van der Waals surface area contributed by atoms with Crippen LogP contribution in [0.2, 0.25) is 0 Å². The molecule has 1 aromatic carbocycles. The van der Waals surface area contributed by atoms with Gasteiger partial charge in [0, 0.05) is 5.88 Å². The normalized spacial score (nSPS) is 10.7. The second kappa shape index (κ2) is 5.31. The number of quaternary nitrogens is 1. The molecule has 0 saturated heterocycles. The van der Waals surface area contributed by atoms with Gasteiger partial charge in [0.2, 0.25) is 0 Å². The molecule has 1 aromatic rings. The second-order valence-corrected chi connectivity index (χ2v) is 4.29. The first kappa shape index (κ1) is 13.4. The number of hydrogen-bond acceptors (Lipinski definition) is 3. The third-order valence-corrected chi connectivity index (χ3v) is 2.63. The number of halogens is 1. The van der Waals surface area contributed by atoms with Gasteiger partial charge >= 0.3 is 0 Å². The predicted octanol–water partition coefficient (Wildman–Crippen LogP) is 1.75. The van der Waals surface area contributed by atoms with Crippen molar-refractivity contribution in [3.05, 3.63) is 29.8 Å². The maximum Gasteiger partial charge on any atom is 0.124 e. The van der Waals surface area contributed by atoms with E-state index in [-0.39, 0.29) is 11.0 Å². The maximum absolute atomic E-state index is 10.5. The summed E-state index contributed by atoms with van der Waals surface area (Å²) in [6.45, 7) is 0. The van der Waals surface area contributed by atoms with E-state index in [1.165, 1.54) is 12.1 Å². The van der Waals surface area contributed by atoms with Gasteiger partial charge in [-0.05, 0) is 24.1 Å². The molecule has 1 rings (SSSR count). The molecule has 0 radical (unpaired) electrons. The fraction of sp³-hybridized carbons (Fsp3) is 0.250. The van der Waals surface area contributed by atoms with Crippen molar-refractivity contribution >= 4 is 21.7 Å². The van der Waals surface area contributed by atoms with Crippen LogP contribution < -0.4 is 6.15 Å². The van der Waals surface area contributed by atoms with Crippen molar-refractivity contribution in [3.63, 3.8) is 0 Å². The summed E-state index contributed by atoms with van der Waals surface area (Å²) in [7, 11) is -4.32. The first-order chi connectivity index (χ1) is 6.04. The minimum absolute atomic E-state index is 0. The molecule has 0 fully saturated rings. The Labute approximate surface area is 88.2 Å². The van der Waals surface area contributed by atoms with E-state index in [0.29, 0.717) is 12.3 Å². The van der Waals surface area contributed by atoms with Crippen LogP contribution >= 0.6 is 11.6 Å². The largest absolute Gasteiger partial charge is 0.744 e. The van der Waals surface area contributed by atoms with Crippen LogP contribution in [-0.2, 0) is 16.5 Å². The van der Waals surface area contributed by atoms with Crippen molar-refractivity contribution in [2.75, 3.05) is 5.88 Å². The van der Waals surface area contributed by atoms with Gasteiger partial charge in [0.1, 0.15) is 10.1 Å². The Bertz CT molecular complexity index is 374. The van der Waals surface area contributed by atoms with Crippen molar-refractivity contribution in [3.8, 4) is 0 Å². The van der Waals surface area contributed by atoms with Crippen molar-refractivity contribution in [1.29, 1.82) is 0 Å². The van der Waals surface area contributed by atoms with Crippen molar-refractivity contribution in [1.82, 2.24) is 6.15 Å². The molecular formula is C8H12ClNO3S. The fourth-order valence-electron chi connectivity index (χ4n) is 0.932. The van der Waals surface area contributed by atoms with Crippen LogP contribution in [0.4, 0.5) is 0 Å². The van der Waals surface area contributed by atoms with E-state index in [1.807, 2.05) is 0 Å². The Hall–Kier alpha value is -0.620. The Morgan fingerprint density at radius 2 is 1.71 bits per heavy atom. The van der Waals surface area contributed by atoms with Crippen LogP contribution in [0.15, 0.2) is 29.2 Å². The zero-order valence-corrected chi connectivity index (χ0v) is 9.31. The molecular weight excluding hydrogens is 226 g/mol. The van der Waals surface area contributed by atoms with Crippen LogP contribution in [0.1, 0.15) is 5.56 Å². The van der Waals surface area contributed by atoms with Crippen LogP contribution in [0, 0.1) is 0 Å². The highest BCUT2D eigenvalue weighted by Crippen LogP contribution is 2.10. The molecule has 4 nitrogen and oxygen atoms in total. The van der Waals surface area contributed by atoms with Crippen LogP contribution in [0.25, 0.3) is 0 Å². The number of alkyl halides is 1. The summed E-state index contributed by atoms with van der Waals surface area (Å²) in [6.07, 6.45) is 0.667. The number of rotatable bonds is 3. The monoisotopic (exact) mass is 237 g/mol. The van der Waals surface area contributed by atoms with Crippen LogP contribution in [-0.4, -0.2) is 18.9 Å². The van der Waals surface area contributed by atoms with E-state index in [1.54, 1.807) is 12.1 Å². The lowest BCUT2D eigenvalue weighted by Gasteiger charge is -2.06. The molecule has 0 amide bonds. The second-order valence-electron chi connectivity index (χ2n) is 2.54. The topological polar surface area (TPSA) is 93.7 Å². The number of benzene rings is 1. The highest BCUT2D eigenvalue weighted by molar-refractivity contribution is 7.85. The molecule has 0 bridgehead atoms. The molecule has 14 heavy (non-hydrogen) atoms. The van der Waals surface area contributed by atoms with Gasteiger partial charge in [0.25, 0.3) is 0 Å². The third-order valence-electron chi connectivity index (χ3n) is 1.60. The molecule has 0 aliphatic rings. The molecule has 4 N–H and O–H groups in total. The van der Waals surface area contributed by atoms with Gasteiger partial charge in [0.15, 0.2) is 0 Å². The summed E-state index contributed by atoms with van der Waals surface area (Å²) in [4.78, 5) is -0.203. The van der Waals surface area contributed by atoms with E-state index < -0.39 is 10.1 Å². The predicted molar refractivity (Wildman–Crippen MR) is 54.8 cm³/mol. The third kappa shape index (κ3) is 3.63. The van der Waals surface area contributed by atoms with Crippen molar-refractivity contribution < 1.29 is 13.0 Å². The molecule has 0 heterocycles. The Morgan fingerprint density at radius 3 is 2.07 bits per heavy atom. The van der Waals surface area contributed by atoms with Crippen LogP contribution in [0.5, 0.6) is 0 Å². The van der Waals surface area contributed by atoms with Gasteiger partial charge in [-0.3, -0.25) is 0 Å². The average Bonchev–Trinajstić information content (AvgIpc) is 2.04. The molecule has 6 heteroatoms. The molecule has 80 valence electrons. The molecule has 0 unspecified atom stereocenters. The number of aryl methyl sites for hydroxylation is 1. The van der Waals surface area contributed by atoms with Crippen LogP contribution in [0.3, 0.4) is 0 Å². The van der Waals surface area contributed by atoms with E-state index in [0.717, 1.165) is 5.56 Å². The van der Waals surface area contributed by atoms with Gasteiger partial charge in [-0.2, -0.15) is 0 Å². The first-order valence-electron chi connectivity index (χ1n) is 3.65. The average molecular weight is 238 g/mol. The van der Waals surface area contributed by atoms with E-state index in [2.05, 4.69) is 0 Å². The lowest BCUT2D eigenvalue weighted by Crippen LogP contribution is -1.98. The van der Waals surface area contributed by atoms with Gasteiger partial charge in [0.05, 0.1) is 4.90 Å². The standard InChI is InChI=1S/C8H9ClO3S.H3N/c9-6-5-7-1-3-8(4-2-7)13(10,11)12;/h1-4H,5-6H2,(H,10,11,12);1H3. The molecule has 0 aliphatic carbocycles. The zero-order chi connectivity index (χ0) is 9.90. The smallest absolute Gasteiger partial charge is 0.124 e. The minimum atomic E-state index is -4.32.